The molecule has 25 heavy (non-hydrogen) atoms. The van der Waals surface area contributed by atoms with Crippen LogP contribution in [-0.4, -0.2) is 25.6 Å². The molecular formula is C16H12ClN5O3. The SMILES string of the molecule is O=C(Nc1ccc(Cl)c([N+](=O)[O-])c1)c1ccc(Cn2cncn2)cc1. The normalized spacial score (nSPS) is 10.4. The Balaban J connectivity index is 1.71. The Bertz CT molecular complexity index is 910. The van der Waals surface area contributed by atoms with Gasteiger partial charge in [0.25, 0.3) is 11.6 Å². The number of rotatable bonds is 5. The van der Waals surface area contributed by atoms with Gasteiger partial charge in [-0.15, -0.1) is 0 Å². The fraction of sp³-hybridized carbons (Fsp3) is 0.0625. The summed E-state index contributed by atoms with van der Waals surface area (Å²) >= 11 is 5.75. The van der Waals surface area contributed by atoms with E-state index in [4.69, 9.17) is 11.6 Å². The van der Waals surface area contributed by atoms with Crippen LogP contribution < -0.4 is 5.32 Å². The summed E-state index contributed by atoms with van der Waals surface area (Å²) < 4.78 is 1.67. The number of anilines is 1. The second-order valence-electron chi connectivity index (χ2n) is 5.17. The molecule has 0 aliphatic carbocycles. The van der Waals surface area contributed by atoms with E-state index in [-0.39, 0.29) is 16.6 Å². The first-order chi connectivity index (χ1) is 12.0. The van der Waals surface area contributed by atoms with Gasteiger partial charge < -0.3 is 5.32 Å². The standard InChI is InChI=1S/C16H12ClN5O3/c17-14-6-5-13(7-15(14)22(24)25)20-16(23)12-3-1-11(2-4-12)8-21-10-18-9-19-21/h1-7,9-10H,8H2,(H,20,23). The van der Waals surface area contributed by atoms with E-state index in [9.17, 15) is 14.9 Å². The van der Waals surface area contributed by atoms with Crippen molar-refractivity contribution in [2.24, 2.45) is 0 Å². The lowest BCUT2D eigenvalue weighted by atomic mass is 10.1. The lowest BCUT2D eigenvalue weighted by molar-refractivity contribution is -0.384. The van der Waals surface area contributed by atoms with Crippen LogP contribution in [0.2, 0.25) is 5.02 Å². The van der Waals surface area contributed by atoms with Crippen LogP contribution >= 0.6 is 11.6 Å². The lowest BCUT2D eigenvalue weighted by Gasteiger charge is -2.07. The van der Waals surface area contributed by atoms with Crippen LogP contribution in [0.1, 0.15) is 15.9 Å². The van der Waals surface area contributed by atoms with Crippen molar-refractivity contribution in [2.45, 2.75) is 6.54 Å². The predicted molar refractivity (Wildman–Crippen MR) is 91.6 cm³/mol. The van der Waals surface area contributed by atoms with E-state index in [0.717, 1.165) is 5.56 Å². The third-order valence-corrected chi connectivity index (χ3v) is 3.75. The maximum Gasteiger partial charge on any atom is 0.289 e. The number of amides is 1. The highest BCUT2D eigenvalue weighted by Gasteiger charge is 2.14. The molecular weight excluding hydrogens is 346 g/mol. The number of carbonyl (C=O) groups excluding carboxylic acids is 1. The molecule has 1 heterocycles. The van der Waals surface area contributed by atoms with Gasteiger partial charge in [0.1, 0.15) is 17.7 Å². The molecule has 2 aromatic carbocycles. The van der Waals surface area contributed by atoms with Crippen molar-refractivity contribution in [3.8, 4) is 0 Å². The Morgan fingerprint density at radius 3 is 2.64 bits per heavy atom. The van der Waals surface area contributed by atoms with Crippen molar-refractivity contribution in [1.82, 2.24) is 14.8 Å². The van der Waals surface area contributed by atoms with E-state index >= 15 is 0 Å². The molecule has 0 radical (unpaired) electrons. The second-order valence-corrected chi connectivity index (χ2v) is 5.57. The van der Waals surface area contributed by atoms with Gasteiger partial charge in [-0.25, -0.2) is 9.67 Å². The van der Waals surface area contributed by atoms with Crippen LogP contribution in [0, 0.1) is 10.1 Å². The summed E-state index contributed by atoms with van der Waals surface area (Å²) in [7, 11) is 0. The van der Waals surface area contributed by atoms with E-state index in [1.165, 1.54) is 24.5 Å². The minimum absolute atomic E-state index is 0.0143. The highest BCUT2D eigenvalue weighted by atomic mass is 35.5. The van der Waals surface area contributed by atoms with E-state index < -0.39 is 4.92 Å². The minimum Gasteiger partial charge on any atom is -0.322 e. The van der Waals surface area contributed by atoms with Crippen molar-refractivity contribution < 1.29 is 9.72 Å². The van der Waals surface area contributed by atoms with Gasteiger partial charge in [-0.2, -0.15) is 5.10 Å². The average molecular weight is 358 g/mol. The predicted octanol–water partition coefficient (Wildman–Crippen LogP) is 3.14. The van der Waals surface area contributed by atoms with Crippen molar-refractivity contribution in [1.29, 1.82) is 0 Å². The smallest absolute Gasteiger partial charge is 0.289 e. The summed E-state index contributed by atoms with van der Waals surface area (Å²) in [6, 6.07) is 11.1. The number of halogens is 1. The molecule has 1 N–H and O–H groups in total. The number of aromatic nitrogens is 3. The van der Waals surface area contributed by atoms with Gasteiger partial charge in [0, 0.05) is 17.3 Å². The maximum atomic E-state index is 12.3. The molecule has 0 aliphatic rings. The molecule has 0 atom stereocenters. The maximum absolute atomic E-state index is 12.3. The molecule has 1 aromatic heterocycles. The zero-order valence-electron chi connectivity index (χ0n) is 12.8. The molecule has 126 valence electrons. The number of nitro groups is 1. The van der Waals surface area contributed by atoms with Gasteiger partial charge >= 0.3 is 0 Å². The monoisotopic (exact) mass is 357 g/mol. The third-order valence-electron chi connectivity index (χ3n) is 3.43. The molecule has 9 heteroatoms. The summed E-state index contributed by atoms with van der Waals surface area (Å²) in [5.74, 6) is -0.371. The van der Waals surface area contributed by atoms with Crippen LogP contribution in [0.3, 0.4) is 0 Å². The van der Waals surface area contributed by atoms with Gasteiger partial charge in [-0.05, 0) is 29.8 Å². The van der Waals surface area contributed by atoms with Crippen molar-refractivity contribution in [2.75, 3.05) is 5.32 Å². The first-order valence-corrected chi connectivity index (χ1v) is 7.57. The number of carbonyl (C=O) groups is 1. The summed E-state index contributed by atoms with van der Waals surface area (Å²) in [4.78, 5) is 26.4. The highest BCUT2D eigenvalue weighted by Crippen LogP contribution is 2.27. The van der Waals surface area contributed by atoms with Gasteiger partial charge in [0.2, 0.25) is 0 Å². The Morgan fingerprint density at radius 1 is 1.24 bits per heavy atom. The Morgan fingerprint density at radius 2 is 2.00 bits per heavy atom. The average Bonchev–Trinajstić information content (AvgIpc) is 3.10. The van der Waals surface area contributed by atoms with Gasteiger partial charge in [-0.1, -0.05) is 23.7 Å². The number of hydrogen-bond donors (Lipinski definition) is 1. The highest BCUT2D eigenvalue weighted by molar-refractivity contribution is 6.32. The topological polar surface area (TPSA) is 103 Å². The summed E-state index contributed by atoms with van der Waals surface area (Å²) in [6.45, 7) is 0.547. The fourth-order valence-electron chi connectivity index (χ4n) is 2.20. The van der Waals surface area contributed by atoms with E-state index in [2.05, 4.69) is 15.4 Å². The molecule has 0 fully saturated rings. The Labute approximate surface area is 147 Å². The molecule has 3 aromatic rings. The second kappa shape index (κ2) is 7.10. The quantitative estimate of drug-likeness (QED) is 0.558. The van der Waals surface area contributed by atoms with Crippen LogP contribution in [-0.2, 0) is 6.54 Å². The fourth-order valence-corrected chi connectivity index (χ4v) is 2.38. The van der Waals surface area contributed by atoms with Gasteiger partial charge in [-0.3, -0.25) is 14.9 Å². The lowest BCUT2D eigenvalue weighted by Crippen LogP contribution is -2.12. The molecule has 0 saturated carbocycles. The van der Waals surface area contributed by atoms with E-state index in [1.807, 2.05) is 0 Å². The van der Waals surface area contributed by atoms with Crippen molar-refractivity contribution in [3.05, 3.63) is 81.4 Å². The summed E-state index contributed by atoms with van der Waals surface area (Å²) in [5, 5.41) is 17.5. The number of nitro benzene ring substituents is 1. The van der Waals surface area contributed by atoms with E-state index in [1.54, 1.807) is 35.3 Å². The van der Waals surface area contributed by atoms with Crippen molar-refractivity contribution in [3.63, 3.8) is 0 Å². The van der Waals surface area contributed by atoms with E-state index in [0.29, 0.717) is 17.8 Å². The zero-order chi connectivity index (χ0) is 17.8. The van der Waals surface area contributed by atoms with Gasteiger partial charge in [0.05, 0.1) is 11.5 Å². The van der Waals surface area contributed by atoms with Crippen LogP contribution in [0.15, 0.2) is 55.1 Å². The molecule has 1 amide bonds. The third kappa shape index (κ3) is 3.99. The largest absolute Gasteiger partial charge is 0.322 e. The zero-order valence-corrected chi connectivity index (χ0v) is 13.6. The number of benzene rings is 2. The van der Waals surface area contributed by atoms with Gasteiger partial charge in [0.15, 0.2) is 0 Å². The van der Waals surface area contributed by atoms with Crippen LogP contribution in [0.5, 0.6) is 0 Å². The molecule has 0 bridgehead atoms. The van der Waals surface area contributed by atoms with Crippen LogP contribution in [0.25, 0.3) is 0 Å². The minimum atomic E-state index is -0.600. The molecule has 0 unspecified atom stereocenters. The van der Waals surface area contributed by atoms with Crippen molar-refractivity contribution >= 4 is 28.9 Å². The summed E-state index contributed by atoms with van der Waals surface area (Å²) in [6.07, 6.45) is 3.06. The Kier molecular flexibility index (Phi) is 4.71. The molecule has 0 aliphatic heterocycles. The number of hydrogen-bond acceptors (Lipinski definition) is 5. The first kappa shape index (κ1) is 16.6. The van der Waals surface area contributed by atoms with Crippen LogP contribution in [0.4, 0.5) is 11.4 Å². The number of nitrogens with zero attached hydrogens (tertiary/aromatic N) is 4. The first-order valence-electron chi connectivity index (χ1n) is 7.19. The summed E-state index contributed by atoms with van der Waals surface area (Å²) in [5.41, 5.74) is 1.43. The number of nitrogens with one attached hydrogen (secondary N) is 1. The molecule has 0 saturated heterocycles. The molecule has 3 rings (SSSR count). The molecule has 0 spiro atoms. The Hall–Kier alpha value is -3.26. The molecule has 8 nitrogen and oxygen atoms in total.